The molecule has 3 N–H and O–H groups in total. The van der Waals surface area contributed by atoms with Gasteiger partial charge in [-0.15, -0.1) is 10.2 Å². The molecule has 3 rings (SSSR count). The Labute approximate surface area is 163 Å². The number of hydrogen-bond acceptors (Lipinski definition) is 7. The molecule has 0 atom stereocenters. The Hall–Kier alpha value is -2.81. The standard InChI is InChI=1S/C19H26N6O3/c1-12-4-6-19(7-5-12,10-25(28)11-26)17(27)22-24-18-20-16-14(3)8-13(2)9-15(16)21-23-18/h8-9,11-12,28H,4-7,10H2,1-3H3,(H,22,27)(H,20,23,24). The van der Waals surface area contributed by atoms with Crippen LogP contribution in [0.25, 0.3) is 11.0 Å². The Morgan fingerprint density at radius 3 is 2.71 bits per heavy atom. The minimum Gasteiger partial charge on any atom is -0.286 e. The number of aryl methyl sites for hydroxylation is 2. The van der Waals surface area contributed by atoms with Crippen LogP contribution in [0.3, 0.4) is 0 Å². The maximum Gasteiger partial charge on any atom is 0.262 e. The van der Waals surface area contributed by atoms with Crippen LogP contribution in [0.5, 0.6) is 0 Å². The van der Waals surface area contributed by atoms with Crippen LogP contribution in [0.15, 0.2) is 12.1 Å². The highest BCUT2D eigenvalue weighted by atomic mass is 16.5. The topological polar surface area (TPSA) is 120 Å². The molecule has 150 valence electrons. The van der Waals surface area contributed by atoms with Gasteiger partial charge in [0, 0.05) is 0 Å². The number of nitrogens with zero attached hydrogens (tertiary/aromatic N) is 4. The summed E-state index contributed by atoms with van der Waals surface area (Å²) in [6.07, 6.45) is 3.20. The minimum atomic E-state index is -0.855. The van der Waals surface area contributed by atoms with E-state index < -0.39 is 5.41 Å². The summed E-state index contributed by atoms with van der Waals surface area (Å²) in [5, 5.41) is 18.4. The fourth-order valence-electron chi connectivity index (χ4n) is 3.81. The van der Waals surface area contributed by atoms with Crippen molar-refractivity contribution >= 4 is 29.3 Å². The predicted octanol–water partition coefficient (Wildman–Crippen LogP) is 2.13. The van der Waals surface area contributed by atoms with Crippen LogP contribution < -0.4 is 10.9 Å². The summed E-state index contributed by atoms with van der Waals surface area (Å²) in [6.45, 7) is 6.01. The number of fused-ring (bicyclic) bond motifs is 1. The summed E-state index contributed by atoms with van der Waals surface area (Å²) in [7, 11) is 0. The number of anilines is 1. The molecule has 0 radical (unpaired) electrons. The van der Waals surface area contributed by atoms with Gasteiger partial charge in [-0.25, -0.2) is 10.0 Å². The number of nitrogens with one attached hydrogen (secondary N) is 2. The molecule has 9 heteroatoms. The molecule has 0 bridgehead atoms. The first-order valence-electron chi connectivity index (χ1n) is 9.42. The van der Waals surface area contributed by atoms with Crippen molar-refractivity contribution in [3.8, 4) is 0 Å². The second-order valence-corrected chi connectivity index (χ2v) is 7.83. The van der Waals surface area contributed by atoms with E-state index in [2.05, 4.69) is 33.0 Å². The molecule has 1 aromatic heterocycles. The highest BCUT2D eigenvalue weighted by Crippen LogP contribution is 2.39. The molecule has 2 aromatic rings. The first-order chi connectivity index (χ1) is 13.3. The van der Waals surface area contributed by atoms with Gasteiger partial charge in [0.15, 0.2) is 0 Å². The van der Waals surface area contributed by atoms with E-state index in [1.807, 2.05) is 26.0 Å². The molecule has 9 nitrogen and oxygen atoms in total. The lowest BCUT2D eigenvalue weighted by molar-refractivity contribution is -0.163. The van der Waals surface area contributed by atoms with Crippen LogP contribution in [0.4, 0.5) is 5.95 Å². The Bertz CT molecular complexity index is 879. The van der Waals surface area contributed by atoms with Crippen molar-refractivity contribution in [2.75, 3.05) is 12.0 Å². The van der Waals surface area contributed by atoms with Gasteiger partial charge in [0.05, 0.1) is 17.5 Å². The molecule has 28 heavy (non-hydrogen) atoms. The summed E-state index contributed by atoms with van der Waals surface area (Å²) >= 11 is 0. The average molecular weight is 386 g/mol. The van der Waals surface area contributed by atoms with Gasteiger partial charge in [0.1, 0.15) is 5.52 Å². The zero-order valence-electron chi connectivity index (χ0n) is 16.4. The summed E-state index contributed by atoms with van der Waals surface area (Å²) in [5.74, 6) is 0.393. The monoisotopic (exact) mass is 386 g/mol. The molecule has 1 aromatic carbocycles. The van der Waals surface area contributed by atoms with E-state index >= 15 is 0 Å². The van der Waals surface area contributed by atoms with E-state index in [4.69, 9.17) is 0 Å². The Morgan fingerprint density at radius 1 is 1.32 bits per heavy atom. The molecule has 0 spiro atoms. The van der Waals surface area contributed by atoms with Gasteiger partial charge >= 0.3 is 0 Å². The number of hydrogen-bond donors (Lipinski definition) is 3. The zero-order valence-corrected chi connectivity index (χ0v) is 16.4. The van der Waals surface area contributed by atoms with Gasteiger partial charge in [-0.2, -0.15) is 0 Å². The predicted molar refractivity (Wildman–Crippen MR) is 103 cm³/mol. The summed E-state index contributed by atoms with van der Waals surface area (Å²) in [5.41, 5.74) is 7.96. The van der Waals surface area contributed by atoms with Crippen molar-refractivity contribution in [1.29, 1.82) is 0 Å². The van der Waals surface area contributed by atoms with Crippen LogP contribution in [0.1, 0.15) is 43.7 Å². The average Bonchev–Trinajstić information content (AvgIpc) is 2.68. The molecule has 1 aliphatic rings. The summed E-state index contributed by atoms with van der Waals surface area (Å²) in [6, 6.07) is 3.91. The molecule has 0 unspecified atom stereocenters. The molecule has 2 amide bonds. The van der Waals surface area contributed by atoms with Crippen LogP contribution in [-0.4, -0.2) is 44.3 Å². The van der Waals surface area contributed by atoms with Gasteiger partial charge in [0.2, 0.25) is 12.3 Å². The van der Waals surface area contributed by atoms with Crippen molar-refractivity contribution in [1.82, 2.24) is 25.7 Å². The van der Waals surface area contributed by atoms with Crippen LogP contribution in [0, 0.1) is 25.2 Å². The number of carbonyl (C=O) groups is 2. The fraction of sp³-hybridized carbons (Fsp3) is 0.526. The van der Waals surface area contributed by atoms with Crippen molar-refractivity contribution in [3.05, 3.63) is 23.3 Å². The second-order valence-electron chi connectivity index (χ2n) is 7.83. The third-order valence-electron chi connectivity index (χ3n) is 5.48. The lowest BCUT2D eigenvalue weighted by Gasteiger charge is -2.38. The van der Waals surface area contributed by atoms with Crippen molar-refractivity contribution < 1.29 is 14.8 Å². The van der Waals surface area contributed by atoms with E-state index in [9.17, 15) is 14.8 Å². The third kappa shape index (κ3) is 4.19. The Balaban J connectivity index is 1.75. The van der Waals surface area contributed by atoms with Crippen molar-refractivity contribution in [3.63, 3.8) is 0 Å². The number of amides is 2. The van der Waals surface area contributed by atoms with E-state index in [1.54, 1.807) is 0 Å². The van der Waals surface area contributed by atoms with Gasteiger partial charge in [-0.1, -0.05) is 13.0 Å². The van der Waals surface area contributed by atoms with E-state index in [0.29, 0.717) is 41.3 Å². The molecular weight excluding hydrogens is 360 g/mol. The fourth-order valence-corrected chi connectivity index (χ4v) is 3.81. The van der Waals surface area contributed by atoms with E-state index in [0.717, 1.165) is 24.0 Å². The van der Waals surface area contributed by atoms with Crippen molar-refractivity contribution in [2.24, 2.45) is 11.3 Å². The molecule has 1 heterocycles. The Kier molecular flexibility index (Phi) is 5.73. The zero-order chi connectivity index (χ0) is 20.3. The van der Waals surface area contributed by atoms with Crippen molar-refractivity contribution in [2.45, 2.75) is 46.5 Å². The van der Waals surface area contributed by atoms with Crippen LogP contribution in [0.2, 0.25) is 0 Å². The Morgan fingerprint density at radius 2 is 2.04 bits per heavy atom. The molecule has 1 fully saturated rings. The van der Waals surface area contributed by atoms with Gasteiger partial charge < -0.3 is 0 Å². The normalized spacial score (nSPS) is 21.9. The van der Waals surface area contributed by atoms with E-state index in [1.165, 1.54) is 0 Å². The number of hydroxylamine groups is 2. The molecule has 1 aliphatic carbocycles. The summed E-state index contributed by atoms with van der Waals surface area (Å²) < 4.78 is 0. The largest absolute Gasteiger partial charge is 0.286 e. The third-order valence-corrected chi connectivity index (χ3v) is 5.48. The van der Waals surface area contributed by atoms with Crippen LogP contribution >= 0.6 is 0 Å². The number of hydrazine groups is 1. The maximum atomic E-state index is 12.9. The molecule has 0 saturated heterocycles. The number of rotatable bonds is 6. The molecular formula is C19H26N6O3. The lowest BCUT2D eigenvalue weighted by atomic mass is 9.70. The SMILES string of the molecule is Cc1cc(C)c2nc(NNC(=O)C3(CN(O)C=O)CCC(C)CC3)nnc2c1. The van der Waals surface area contributed by atoms with Gasteiger partial charge in [0.25, 0.3) is 5.95 Å². The summed E-state index contributed by atoms with van der Waals surface area (Å²) in [4.78, 5) is 28.2. The highest BCUT2D eigenvalue weighted by molar-refractivity contribution is 5.84. The smallest absolute Gasteiger partial charge is 0.262 e. The lowest BCUT2D eigenvalue weighted by Crippen LogP contribution is -2.51. The number of carbonyl (C=O) groups excluding carboxylic acids is 2. The number of aromatic nitrogens is 3. The molecule has 1 saturated carbocycles. The minimum absolute atomic E-state index is 0.0497. The quantitative estimate of drug-likeness (QED) is 0.395. The number of benzene rings is 1. The molecule has 0 aliphatic heterocycles. The maximum absolute atomic E-state index is 12.9. The first kappa shape index (κ1) is 19.9. The van der Waals surface area contributed by atoms with E-state index in [-0.39, 0.29) is 18.4 Å². The van der Waals surface area contributed by atoms with Gasteiger partial charge in [-0.3, -0.25) is 25.6 Å². The van der Waals surface area contributed by atoms with Gasteiger partial charge in [-0.05, 0) is 62.6 Å². The second kappa shape index (κ2) is 8.05. The first-order valence-corrected chi connectivity index (χ1v) is 9.42. The highest BCUT2D eigenvalue weighted by Gasteiger charge is 2.42. The van der Waals surface area contributed by atoms with Crippen LogP contribution in [-0.2, 0) is 9.59 Å².